The standard InChI is InChI=1S/C14H19N3O3/c1-2-3-13(18)16-17-14(11-4-6-15-7-5-11)12-8-19-10-20-9-12/h4-7,12H,2-3,8-10H2,1H3,(H,16,18). The van der Waals surface area contributed by atoms with Crippen molar-refractivity contribution in [1.29, 1.82) is 0 Å². The molecule has 1 N–H and O–H groups in total. The van der Waals surface area contributed by atoms with E-state index in [1.165, 1.54) is 0 Å². The molecular weight excluding hydrogens is 258 g/mol. The van der Waals surface area contributed by atoms with Gasteiger partial charge in [0.25, 0.3) is 0 Å². The van der Waals surface area contributed by atoms with Crippen LogP contribution in [-0.4, -0.2) is 36.6 Å². The zero-order valence-electron chi connectivity index (χ0n) is 11.5. The predicted molar refractivity (Wildman–Crippen MR) is 74.1 cm³/mol. The Morgan fingerprint density at radius 2 is 2.10 bits per heavy atom. The Labute approximate surface area is 118 Å². The largest absolute Gasteiger partial charge is 0.355 e. The molecule has 0 aromatic carbocycles. The molecule has 0 aliphatic carbocycles. The Morgan fingerprint density at radius 3 is 2.75 bits per heavy atom. The Bertz CT molecular complexity index is 456. The SMILES string of the molecule is CCCC(=O)NN=C(c1ccncc1)C1COCOC1. The fourth-order valence-electron chi connectivity index (χ4n) is 1.97. The molecule has 0 unspecified atom stereocenters. The van der Waals surface area contributed by atoms with Crippen LogP contribution in [0.3, 0.4) is 0 Å². The molecule has 6 heteroatoms. The number of rotatable bonds is 5. The molecule has 1 saturated heterocycles. The molecule has 0 saturated carbocycles. The lowest BCUT2D eigenvalue weighted by Gasteiger charge is -2.23. The number of amides is 1. The summed E-state index contributed by atoms with van der Waals surface area (Å²) in [6.45, 7) is 3.33. The third kappa shape index (κ3) is 4.11. The van der Waals surface area contributed by atoms with Gasteiger partial charge in [0.05, 0.1) is 24.8 Å². The van der Waals surface area contributed by atoms with E-state index in [0.29, 0.717) is 26.4 Å². The van der Waals surface area contributed by atoms with E-state index in [1.807, 2.05) is 19.1 Å². The first-order valence-corrected chi connectivity index (χ1v) is 6.73. The second-order valence-electron chi connectivity index (χ2n) is 4.57. The molecule has 0 spiro atoms. The summed E-state index contributed by atoms with van der Waals surface area (Å²) in [4.78, 5) is 15.6. The number of pyridine rings is 1. The number of carbonyl (C=O) groups excluding carboxylic acids is 1. The Morgan fingerprint density at radius 1 is 1.40 bits per heavy atom. The lowest BCUT2D eigenvalue weighted by molar-refractivity contribution is -0.121. The summed E-state index contributed by atoms with van der Waals surface area (Å²) in [5.74, 6) is -0.0789. The van der Waals surface area contributed by atoms with E-state index in [1.54, 1.807) is 12.4 Å². The third-order valence-corrected chi connectivity index (χ3v) is 2.95. The molecule has 6 nitrogen and oxygen atoms in total. The second kappa shape index (κ2) is 7.72. The summed E-state index contributed by atoms with van der Waals surface area (Å²) in [7, 11) is 0. The number of ether oxygens (including phenoxy) is 2. The van der Waals surface area contributed by atoms with Gasteiger partial charge < -0.3 is 9.47 Å². The number of hydrogen-bond acceptors (Lipinski definition) is 5. The molecule has 20 heavy (non-hydrogen) atoms. The number of hydrogen-bond donors (Lipinski definition) is 1. The van der Waals surface area contributed by atoms with Crippen molar-refractivity contribution in [2.75, 3.05) is 20.0 Å². The molecule has 1 aromatic heterocycles. The van der Waals surface area contributed by atoms with Gasteiger partial charge in [-0.2, -0.15) is 5.10 Å². The first-order chi connectivity index (χ1) is 9.81. The van der Waals surface area contributed by atoms with Crippen LogP contribution in [0.2, 0.25) is 0 Å². The van der Waals surface area contributed by atoms with Crippen molar-refractivity contribution in [3.63, 3.8) is 0 Å². The van der Waals surface area contributed by atoms with E-state index in [0.717, 1.165) is 17.7 Å². The van der Waals surface area contributed by atoms with Gasteiger partial charge in [-0.05, 0) is 18.6 Å². The highest BCUT2D eigenvalue weighted by atomic mass is 16.7. The van der Waals surface area contributed by atoms with Crippen LogP contribution in [0, 0.1) is 5.92 Å². The van der Waals surface area contributed by atoms with E-state index >= 15 is 0 Å². The van der Waals surface area contributed by atoms with E-state index in [4.69, 9.17) is 9.47 Å². The minimum absolute atomic E-state index is 0.00748. The maximum Gasteiger partial charge on any atom is 0.240 e. The van der Waals surface area contributed by atoms with Gasteiger partial charge in [0.1, 0.15) is 6.79 Å². The van der Waals surface area contributed by atoms with Crippen molar-refractivity contribution < 1.29 is 14.3 Å². The Balaban J connectivity index is 2.15. The topological polar surface area (TPSA) is 72.8 Å². The van der Waals surface area contributed by atoms with Crippen LogP contribution in [0.25, 0.3) is 0 Å². The molecule has 2 heterocycles. The molecule has 1 fully saturated rings. The van der Waals surface area contributed by atoms with Gasteiger partial charge in [0.2, 0.25) is 5.91 Å². The highest BCUT2D eigenvalue weighted by Gasteiger charge is 2.22. The lowest BCUT2D eigenvalue weighted by Crippen LogP contribution is -2.33. The number of nitrogens with one attached hydrogen (secondary N) is 1. The number of carbonyl (C=O) groups is 1. The minimum atomic E-state index is -0.0864. The van der Waals surface area contributed by atoms with Gasteiger partial charge in [0, 0.05) is 24.4 Å². The van der Waals surface area contributed by atoms with Crippen molar-refractivity contribution in [2.45, 2.75) is 19.8 Å². The maximum atomic E-state index is 11.6. The monoisotopic (exact) mass is 277 g/mol. The Kier molecular flexibility index (Phi) is 5.64. The van der Waals surface area contributed by atoms with Crippen molar-refractivity contribution in [3.05, 3.63) is 30.1 Å². The van der Waals surface area contributed by atoms with Crippen LogP contribution in [0.1, 0.15) is 25.3 Å². The molecule has 1 aliphatic heterocycles. The average Bonchev–Trinajstić information content (AvgIpc) is 2.50. The normalized spacial score (nSPS) is 16.9. The first kappa shape index (κ1) is 14.6. The van der Waals surface area contributed by atoms with Crippen LogP contribution in [-0.2, 0) is 14.3 Å². The highest BCUT2D eigenvalue weighted by molar-refractivity contribution is 6.02. The van der Waals surface area contributed by atoms with Crippen LogP contribution in [0.15, 0.2) is 29.6 Å². The van der Waals surface area contributed by atoms with Gasteiger partial charge in [-0.15, -0.1) is 0 Å². The van der Waals surface area contributed by atoms with Gasteiger partial charge in [-0.3, -0.25) is 9.78 Å². The fourth-order valence-corrected chi connectivity index (χ4v) is 1.97. The molecule has 1 amide bonds. The maximum absolute atomic E-state index is 11.6. The number of nitrogens with zero attached hydrogens (tertiary/aromatic N) is 2. The van der Waals surface area contributed by atoms with E-state index < -0.39 is 0 Å². The van der Waals surface area contributed by atoms with Gasteiger partial charge in [0.15, 0.2) is 0 Å². The average molecular weight is 277 g/mol. The molecule has 0 bridgehead atoms. The van der Waals surface area contributed by atoms with Crippen LogP contribution >= 0.6 is 0 Å². The van der Waals surface area contributed by atoms with Gasteiger partial charge in [-0.25, -0.2) is 5.43 Å². The summed E-state index contributed by atoms with van der Waals surface area (Å²) < 4.78 is 10.6. The lowest BCUT2D eigenvalue weighted by atomic mass is 9.98. The summed E-state index contributed by atoms with van der Waals surface area (Å²) in [6, 6.07) is 3.72. The van der Waals surface area contributed by atoms with Crippen molar-refractivity contribution in [2.24, 2.45) is 11.0 Å². The molecular formula is C14H19N3O3. The zero-order valence-corrected chi connectivity index (χ0v) is 11.5. The summed E-state index contributed by atoms with van der Waals surface area (Å²) in [6.07, 6.45) is 4.65. The van der Waals surface area contributed by atoms with Gasteiger partial charge in [-0.1, -0.05) is 6.92 Å². The molecule has 1 aromatic rings. The van der Waals surface area contributed by atoms with Gasteiger partial charge >= 0.3 is 0 Å². The van der Waals surface area contributed by atoms with E-state index in [9.17, 15) is 4.79 Å². The minimum Gasteiger partial charge on any atom is -0.355 e. The third-order valence-electron chi connectivity index (χ3n) is 2.95. The van der Waals surface area contributed by atoms with Crippen LogP contribution in [0.4, 0.5) is 0 Å². The first-order valence-electron chi connectivity index (χ1n) is 6.73. The quantitative estimate of drug-likeness (QED) is 0.651. The van der Waals surface area contributed by atoms with Crippen molar-refractivity contribution in [1.82, 2.24) is 10.4 Å². The van der Waals surface area contributed by atoms with Crippen molar-refractivity contribution >= 4 is 11.6 Å². The Hall–Kier alpha value is -1.79. The molecule has 108 valence electrons. The number of aromatic nitrogens is 1. The smallest absolute Gasteiger partial charge is 0.240 e. The highest BCUT2D eigenvalue weighted by Crippen LogP contribution is 2.14. The zero-order chi connectivity index (χ0) is 14.2. The predicted octanol–water partition coefficient (Wildman–Crippen LogP) is 1.32. The summed E-state index contributed by atoms with van der Waals surface area (Å²) in [5.41, 5.74) is 4.27. The molecule has 2 rings (SSSR count). The van der Waals surface area contributed by atoms with E-state index in [-0.39, 0.29) is 11.8 Å². The summed E-state index contributed by atoms with van der Waals surface area (Å²) in [5, 5.41) is 4.27. The van der Waals surface area contributed by atoms with E-state index in [2.05, 4.69) is 15.5 Å². The molecule has 0 atom stereocenters. The van der Waals surface area contributed by atoms with Crippen LogP contribution < -0.4 is 5.43 Å². The summed E-state index contributed by atoms with van der Waals surface area (Å²) >= 11 is 0. The fraction of sp³-hybridized carbons (Fsp3) is 0.500. The van der Waals surface area contributed by atoms with Crippen LogP contribution in [0.5, 0.6) is 0 Å². The molecule has 0 radical (unpaired) electrons. The molecule has 1 aliphatic rings. The second-order valence-corrected chi connectivity index (χ2v) is 4.57. The number of hydrazone groups is 1. The van der Waals surface area contributed by atoms with Crippen molar-refractivity contribution in [3.8, 4) is 0 Å².